The molecule has 2 amide bonds. The Morgan fingerprint density at radius 2 is 1.79 bits per heavy atom. The van der Waals surface area contributed by atoms with Gasteiger partial charge in [-0.25, -0.2) is 21.9 Å². The highest BCUT2D eigenvalue weighted by atomic mass is 32.2. The molecule has 29 heavy (non-hydrogen) atoms. The monoisotopic (exact) mass is 419 g/mol. The van der Waals surface area contributed by atoms with E-state index in [4.69, 9.17) is 5.11 Å². The van der Waals surface area contributed by atoms with E-state index in [1.807, 2.05) is 0 Å². The SMILES string of the molecule is C[C@H](C(=O)Nc1ccc(S(=O)(=O)N(C)C(=O)O)cc1)n1ccc2c(F)cccc21. The van der Waals surface area contributed by atoms with Gasteiger partial charge >= 0.3 is 6.09 Å². The maximum absolute atomic E-state index is 13.8. The molecule has 1 atom stereocenters. The number of nitrogens with zero attached hydrogens (tertiary/aromatic N) is 2. The first-order valence-corrected chi connectivity index (χ1v) is 9.95. The summed E-state index contributed by atoms with van der Waals surface area (Å²) in [6, 6.07) is 10.7. The zero-order valence-corrected chi connectivity index (χ0v) is 16.4. The second-order valence-corrected chi connectivity index (χ2v) is 8.31. The number of nitrogens with one attached hydrogen (secondary N) is 1. The third-order valence-corrected chi connectivity index (χ3v) is 6.30. The number of hydrogen-bond acceptors (Lipinski definition) is 4. The molecule has 0 spiro atoms. The Morgan fingerprint density at radius 3 is 2.41 bits per heavy atom. The molecule has 0 aliphatic heterocycles. The van der Waals surface area contributed by atoms with Gasteiger partial charge in [-0.05, 0) is 49.4 Å². The van der Waals surface area contributed by atoms with E-state index in [1.165, 1.54) is 30.3 Å². The Hall–Kier alpha value is -3.40. The molecule has 2 aromatic carbocycles. The summed E-state index contributed by atoms with van der Waals surface area (Å²) in [5.74, 6) is -0.762. The predicted octanol–water partition coefficient (Wildman–Crippen LogP) is 3.28. The van der Waals surface area contributed by atoms with Crippen LogP contribution in [-0.2, 0) is 14.8 Å². The third kappa shape index (κ3) is 3.79. The minimum Gasteiger partial charge on any atom is -0.464 e. The quantitative estimate of drug-likeness (QED) is 0.660. The van der Waals surface area contributed by atoms with Gasteiger partial charge in [0.15, 0.2) is 0 Å². The van der Waals surface area contributed by atoms with Crippen LogP contribution in [0, 0.1) is 5.82 Å². The van der Waals surface area contributed by atoms with Crippen LogP contribution in [0.5, 0.6) is 0 Å². The fourth-order valence-electron chi connectivity index (χ4n) is 2.83. The number of hydrogen-bond donors (Lipinski definition) is 2. The molecule has 10 heteroatoms. The molecule has 1 aromatic heterocycles. The first-order chi connectivity index (χ1) is 13.6. The van der Waals surface area contributed by atoms with Gasteiger partial charge in [-0.2, -0.15) is 0 Å². The number of fused-ring (bicyclic) bond motifs is 1. The minimum atomic E-state index is -4.18. The van der Waals surface area contributed by atoms with Crippen LogP contribution < -0.4 is 5.32 Å². The number of halogens is 1. The van der Waals surface area contributed by atoms with E-state index in [-0.39, 0.29) is 20.9 Å². The Balaban J connectivity index is 1.78. The molecular formula is C19H18FN3O5S. The second-order valence-electron chi connectivity index (χ2n) is 6.34. The van der Waals surface area contributed by atoms with Crippen LogP contribution in [0.1, 0.15) is 13.0 Å². The van der Waals surface area contributed by atoms with Crippen molar-refractivity contribution in [3.8, 4) is 0 Å². The van der Waals surface area contributed by atoms with Gasteiger partial charge < -0.3 is 15.0 Å². The van der Waals surface area contributed by atoms with E-state index in [0.717, 1.165) is 7.05 Å². The number of carbonyl (C=O) groups excluding carboxylic acids is 1. The summed E-state index contributed by atoms with van der Waals surface area (Å²) in [6.45, 7) is 1.65. The lowest BCUT2D eigenvalue weighted by Crippen LogP contribution is -2.31. The van der Waals surface area contributed by atoms with E-state index in [9.17, 15) is 22.4 Å². The van der Waals surface area contributed by atoms with Crippen LogP contribution in [0.4, 0.5) is 14.9 Å². The molecule has 1 heterocycles. The fraction of sp³-hybridized carbons (Fsp3) is 0.158. The van der Waals surface area contributed by atoms with Gasteiger partial charge in [0.1, 0.15) is 11.9 Å². The van der Waals surface area contributed by atoms with E-state index < -0.39 is 22.2 Å². The number of carbonyl (C=O) groups is 2. The molecule has 0 aliphatic rings. The number of amides is 2. The molecule has 152 valence electrons. The molecule has 3 rings (SSSR count). The summed E-state index contributed by atoms with van der Waals surface area (Å²) in [5.41, 5.74) is 0.909. The molecule has 0 radical (unpaired) electrons. The van der Waals surface area contributed by atoms with Crippen molar-refractivity contribution < 1.29 is 27.5 Å². The molecule has 0 saturated carbocycles. The Bertz CT molecular complexity index is 1190. The van der Waals surface area contributed by atoms with E-state index in [0.29, 0.717) is 16.6 Å². The number of aromatic nitrogens is 1. The van der Waals surface area contributed by atoms with E-state index >= 15 is 0 Å². The van der Waals surface area contributed by atoms with Crippen molar-refractivity contribution in [3.05, 3.63) is 60.5 Å². The first kappa shape index (κ1) is 20.3. The van der Waals surface area contributed by atoms with Crippen molar-refractivity contribution in [3.63, 3.8) is 0 Å². The van der Waals surface area contributed by atoms with Crippen LogP contribution in [0.25, 0.3) is 10.9 Å². The molecule has 0 unspecified atom stereocenters. The third-order valence-electron chi connectivity index (χ3n) is 4.56. The van der Waals surface area contributed by atoms with Crippen molar-refractivity contribution >= 4 is 38.6 Å². The van der Waals surface area contributed by atoms with Crippen LogP contribution in [0.15, 0.2) is 59.6 Å². The summed E-state index contributed by atoms with van der Waals surface area (Å²) >= 11 is 0. The zero-order chi connectivity index (χ0) is 21.3. The van der Waals surface area contributed by atoms with E-state index in [1.54, 1.807) is 35.9 Å². The minimum absolute atomic E-state index is 0.207. The molecule has 3 aromatic rings. The number of rotatable bonds is 5. The van der Waals surface area contributed by atoms with Gasteiger partial charge in [-0.1, -0.05) is 6.07 Å². The molecule has 8 nitrogen and oxygen atoms in total. The average Bonchev–Trinajstić information content (AvgIpc) is 3.12. The Morgan fingerprint density at radius 1 is 1.14 bits per heavy atom. The molecule has 0 aliphatic carbocycles. The van der Waals surface area contributed by atoms with Crippen LogP contribution in [0.2, 0.25) is 0 Å². The first-order valence-electron chi connectivity index (χ1n) is 8.51. The van der Waals surface area contributed by atoms with Gasteiger partial charge in [0.05, 0.1) is 10.4 Å². The lowest BCUT2D eigenvalue weighted by Gasteiger charge is -2.16. The van der Waals surface area contributed by atoms with Gasteiger partial charge in [-0.15, -0.1) is 0 Å². The van der Waals surface area contributed by atoms with Crippen molar-refractivity contribution in [2.45, 2.75) is 17.9 Å². The van der Waals surface area contributed by atoms with Crippen LogP contribution in [-0.4, -0.2) is 41.4 Å². The maximum atomic E-state index is 13.8. The second kappa shape index (κ2) is 7.55. The van der Waals surface area contributed by atoms with Crippen molar-refractivity contribution in [2.75, 3.05) is 12.4 Å². The molecule has 0 bridgehead atoms. The average molecular weight is 419 g/mol. The lowest BCUT2D eigenvalue weighted by atomic mass is 10.2. The highest BCUT2D eigenvalue weighted by molar-refractivity contribution is 7.89. The topological polar surface area (TPSA) is 109 Å². The lowest BCUT2D eigenvalue weighted by molar-refractivity contribution is -0.118. The van der Waals surface area contributed by atoms with Gasteiger partial charge in [-0.3, -0.25) is 4.79 Å². The van der Waals surface area contributed by atoms with Crippen molar-refractivity contribution in [2.24, 2.45) is 0 Å². The summed E-state index contributed by atoms with van der Waals surface area (Å²) in [5, 5.41) is 11.9. The smallest absolute Gasteiger partial charge is 0.421 e. The fourth-order valence-corrected chi connectivity index (χ4v) is 3.83. The van der Waals surface area contributed by atoms with Crippen molar-refractivity contribution in [1.82, 2.24) is 8.87 Å². The molecule has 0 fully saturated rings. The summed E-state index contributed by atoms with van der Waals surface area (Å²) < 4.78 is 40.0. The summed E-state index contributed by atoms with van der Waals surface area (Å²) in [7, 11) is -3.25. The van der Waals surface area contributed by atoms with Gasteiger partial charge in [0, 0.05) is 24.3 Å². The number of anilines is 1. The Kier molecular flexibility index (Phi) is 5.29. The molecule has 0 saturated heterocycles. The van der Waals surface area contributed by atoms with Gasteiger partial charge in [0.25, 0.3) is 10.0 Å². The predicted molar refractivity (Wildman–Crippen MR) is 105 cm³/mol. The maximum Gasteiger partial charge on any atom is 0.421 e. The normalized spacial score (nSPS) is 12.5. The Labute approximate surface area is 166 Å². The van der Waals surface area contributed by atoms with Gasteiger partial charge in [0.2, 0.25) is 5.91 Å². The number of sulfonamides is 1. The highest BCUT2D eigenvalue weighted by Crippen LogP contribution is 2.24. The van der Waals surface area contributed by atoms with Crippen LogP contribution >= 0.6 is 0 Å². The van der Waals surface area contributed by atoms with Crippen molar-refractivity contribution in [1.29, 1.82) is 0 Å². The largest absolute Gasteiger partial charge is 0.464 e. The number of benzene rings is 2. The zero-order valence-electron chi connectivity index (χ0n) is 15.5. The summed E-state index contributed by atoms with van der Waals surface area (Å²) in [6.07, 6.45) is 0.0154. The van der Waals surface area contributed by atoms with Crippen LogP contribution in [0.3, 0.4) is 0 Å². The summed E-state index contributed by atoms with van der Waals surface area (Å²) in [4.78, 5) is 23.3. The highest BCUT2D eigenvalue weighted by Gasteiger charge is 2.25. The molecular weight excluding hydrogens is 401 g/mol. The van der Waals surface area contributed by atoms with E-state index in [2.05, 4.69) is 5.32 Å². The molecule has 2 N–H and O–H groups in total. The number of carboxylic acid groups (broad SMARTS) is 1. The standard InChI is InChI=1S/C19H18FN3O5S/c1-12(23-11-10-15-16(20)4-3-5-17(15)23)18(24)21-13-6-8-14(9-7-13)29(27,28)22(2)19(25)26/h3-12H,1-2H3,(H,21,24)(H,25,26)/t12-/m1/s1.